The number of pyridine rings is 1. The molecule has 0 unspecified atom stereocenters. The number of aromatic nitrogens is 2. The number of nitrogens with zero attached hydrogens (tertiary/aromatic N) is 3. The van der Waals surface area contributed by atoms with Crippen LogP contribution in [-0.2, 0) is 6.54 Å². The van der Waals surface area contributed by atoms with E-state index in [0.29, 0.717) is 15.1 Å². The van der Waals surface area contributed by atoms with Crippen molar-refractivity contribution in [3.63, 3.8) is 0 Å². The molecule has 3 aromatic rings. The van der Waals surface area contributed by atoms with Gasteiger partial charge in [-0.2, -0.15) is 0 Å². The van der Waals surface area contributed by atoms with E-state index in [2.05, 4.69) is 10.2 Å². The zero-order valence-electron chi connectivity index (χ0n) is 14.2. The molecule has 0 radical (unpaired) electrons. The Labute approximate surface area is 167 Å². The second-order valence-corrected chi connectivity index (χ2v) is 7.77. The van der Waals surface area contributed by atoms with E-state index in [9.17, 15) is 0 Å². The van der Waals surface area contributed by atoms with Crippen molar-refractivity contribution in [1.82, 2.24) is 19.6 Å². The molecule has 3 heterocycles. The topological polar surface area (TPSA) is 32.6 Å². The number of halogens is 3. The van der Waals surface area contributed by atoms with Gasteiger partial charge in [0.15, 0.2) is 5.65 Å². The van der Waals surface area contributed by atoms with Crippen LogP contribution in [0.1, 0.15) is 12.1 Å². The summed E-state index contributed by atoms with van der Waals surface area (Å²) in [4.78, 5) is 7.27. The summed E-state index contributed by atoms with van der Waals surface area (Å²) in [6.45, 7) is 4.90. The highest BCUT2D eigenvalue weighted by Gasteiger charge is 2.20. The van der Waals surface area contributed by atoms with Gasteiger partial charge in [-0.25, -0.2) is 4.98 Å². The first-order valence-electron chi connectivity index (χ1n) is 8.67. The Morgan fingerprint density at radius 2 is 1.81 bits per heavy atom. The molecule has 1 aliphatic rings. The number of imidazole rings is 1. The molecule has 26 heavy (non-hydrogen) atoms. The van der Waals surface area contributed by atoms with Gasteiger partial charge < -0.3 is 5.32 Å². The van der Waals surface area contributed by atoms with Crippen molar-refractivity contribution in [1.29, 1.82) is 0 Å². The summed E-state index contributed by atoms with van der Waals surface area (Å²) < 4.78 is 2.02. The van der Waals surface area contributed by atoms with Gasteiger partial charge in [-0.1, -0.05) is 46.9 Å². The Balaban J connectivity index is 1.83. The van der Waals surface area contributed by atoms with Crippen molar-refractivity contribution < 1.29 is 0 Å². The summed E-state index contributed by atoms with van der Waals surface area (Å²) in [5, 5.41) is 5.30. The van der Waals surface area contributed by atoms with Gasteiger partial charge >= 0.3 is 0 Å². The van der Waals surface area contributed by atoms with E-state index in [0.717, 1.165) is 61.7 Å². The molecule has 0 atom stereocenters. The van der Waals surface area contributed by atoms with Crippen LogP contribution in [0.3, 0.4) is 0 Å². The van der Waals surface area contributed by atoms with Crippen LogP contribution >= 0.6 is 34.8 Å². The van der Waals surface area contributed by atoms with Crippen LogP contribution in [-0.4, -0.2) is 40.5 Å². The van der Waals surface area contributed by atoms with Crippen LogP contribution in [0.4, 0.5) is 0 Å². The number of rotatable bonds is 3. The maximum atomic E-state index is 6.42. The second-order valence-electron chi connectivity index (χ2n) is 6.49. The molecule has 1 aliphatic heterocycles. The highest BCUT2D eigenvalue weighted by atomic mass is 35.5. The standard InChI is InChI=1S/C19H19Cl3N4/c20-14-4-2-13(3-5-14)18-17(12-25-8-1-6-23-7-9-25)26-11-15(21)10-16(22)19(26)24-18/h2-5,10-11,23H,1,6-9,12H2. The van der Waals surface area contributed by atoms with Gasteiger partial charge in [0.25, 0.3) is 0 Å². The molecular formula is C19H19Cl3N4. The summed E-state index contributed by atoms with van der Waals surface area (Å²) in [7, 11) is 0. The maximum absolute atomic E-state index is 6.42. The lowest BCUT2D eigenvalue weighted by Crippen LogP contribution is -2.28. The lowest BCUT2D eigenvalue weighted by Gasteiger charge is -2.20. The first-order valence-corrected chi connectivity index (χ1v) is 9.80. The Kier molecular flexibility index (Phi) is 5.39. The van der Waals surface area contributed by atoms with Gasteiger partial charge in [-0.15, -0.1) is 0 Å². The summed E-state index contributed by atoms with van der Waals surface area (Å²) in [5.74, 6) is 0. The van der Waals surface area contributed by atoms with Crippen molar-refractivity contribution in [2.45, 2.75) is 13.0 Å². The lowest BCUT2D eigenvalue weighted by molar-refractivity contribution is 0.281. The fourth-order valence-corrected chi connectivity index (χ4v) is 4.02. The molecule has 1 saturated heterocycles. The zero-order valence-corrected chi connectivity index (χ0v) is 16.5. The van der Waals surface area contributed by atoms with E-state index in [4.69, 9.17) is 39.8 Å². The van der Waals surface area contributed by atoms with Crippen molar-refractivity contribution in [3.8, 4) is 11.3 Å². The largest absolute Gasteiger partial charge is 0.315 e. The molecule has 1 fully saturated rings. The molecule has 1 N–H and O–H groups in total. The first-order chi connectivity index (χ1) is 12.6. The smallest absolute Gasteiger partial charge is 0.156 e. The molecular weight excluding hydrogens is 391 g/mol. The van der Waals surface area contributed by atoms with Crippen LogP contribution in [0.5, 0.6) is 0 Å². The van der Waals surface area contributed by atoms with E-state index in [-0.39, 0.29) is 0 Å². The average molecular weight is 410 g/mol. The van der Waals surface area contributed by atoms with Gasteiger partial charge in [-0.3, -0.25) is 9.30 Å². The van der Waals surface area contributed by atoms with E-state index in [1.807, 2.05) is 34.9 Å². The SMILES string of the molecule is Clc1ccc(-c2nc3c(Cl)cc(Cl)cn3c2CN2CCCNCC2)cc1. The Bertz CT molecular complexity index is 913. The third-order valence-electron chi connectivity index (χ3n) is 4.66. The summed E-state index contributed by atoms with van der Waals surface area (Å²) in [6.07, 6.45) is 3.02. The molecule has 0 spiro atoms. The quantitative estimate of drug-likeness (QED) is 0.677. The molecule has 1 aromatic carbocycles. The normalized spacial score (nSPS) is 16.1. The highest BCUT2D eigenvalue weighted by Crippen LogP contribution is 2.31. The number of nitrogens with one attached hydrogen (secondary N) is 1. The number of fused-ring (bicyclic) bond motifs is 1. The highest BCUT2D eigenvalue weighted by molar-refractivity contribution is 6.36. The minimum atomic E-state index is 0.552. The van der Waals surface area contributed by atoms with Gasteiger partial charge in [-0.05, 0) is 37.7 Å². The van der Waals surface area contributed by atoms with Crippen molar-refractivity contribution in [2.24, 2.45) is 0 Å². The van der Waals surface area contributed by atoms with Crippen LogP contribution in [0, 0.1) is 0 Å². The van der Waals surface area contributed by atoms with Gasteiger partial charge in [0.1, 0.15) is 0 Å². The van der Waals surface area contributed by atoms with E-state index in [1.54, 1.807) is 6.07 Å². The second kappa shape index (κ2) is 7.75. The van der Waals surface area contributed by atoms with Crippen molar-refractivity contribution in [2.75, 3.05) is 26.2 Å². The summed E-state index contributed by atoms with van der Waals surface area (Å²) in [5.41, 5.74) is 3.76. The third kappa shape index (κ3) is 3.71. The monoisotopic (exact) mass is 408 g/mol. The van der Waals surface area contributed by atoms with Gasteiger partial charge in [0, 0.05) is 36.4 Å². The van der Waals surface area contributed by atoms with Crippen LogP contribution < -0.4 is 5.32 Å². The van der Waals surface area contributed by atoms with Crippen molar-refractivity contribution >= 4 is 40.4 Å². The molecule has 4 nitrogen and oxygen atoms in total. The fourth-order valence-electron chi connectivity index (χ4n) is 3.38. The average Bonchev–Trinajstić information content (AvgIpc) is 2.79. The molecule has 136 valence electrons. The number of hydrogen-bond donors (Lipinski definition) is 1. The molecule has 0 amide bonds. The molecule has 7 heteroatoms. The number of benzene rings is 1. The van der Waals surface area contributed by atoms with E-state index < -0.39 is 0 Å². The Hall–Kier alpha value is -1.30. The first kappa shape index (κ1) is 18.1. The summed E-state index contributed by atoms with van der Waals surface area (Å²) in [6, 6.07) is 9.49. The van der Waals surface area contributed by atoms with Crippen molar-refractivity contribution in [3.05, 3.63) is 57.3 Å². The zero-order chi connectivity index (χ0) is 18.1. The Morgan fingerprint density at radius 3 is 2.62 bits per heavy atom. The fraction of sp³-hybridized carbons (Fsp3) is 0.316. The molecule has 4 rings (SSSR count). The summed E-state index contributed by atoms with van der Waals surface area (Å²) >= 11 is 18.7. The van der Waals surface area contributed by atoms with Crippen LogP contribution in [0.2, 0.25) is 15.1 Å². The lowest BCUT2D eigenvalue weighted by atomic mass is 10.1. The minimum Gasteiger partial charge on any atom is -0.315 e. The van der Waals surface area contributed by atoms with Gasteiger partial charge in [0.05, 0.1) is 21.4 Å². The number of hydrogen-bond acceptors (Lipinski definition) is 3. The predicted octanol–water partition coefficient (Wildman–Crippen LogP) is 4.76. The maximum Gasteiger partial charge on any atom is 0.156 e. The van der Waals surface area contributed by atoms with Crippen LogP contribution in [0.25, 0.3) is 16.9 Å². The third-order valence-corrected chi connectivity index (χ3v) is 5.40. The van der Waals surface area contributed by atoms with E-state index in [1.165, 1.54) is 0 Å². The van der Waals surface area contributed by atoms with Gasteiger partial charge in [0.2, 0.25) is 0 Å². The van der Waals surface area contributed by atoms with Crippen LogP contribution in [0.15, 0.2) is 36.5 Å². The molecule has 0 saturated carbocycles. The minimum absolute atomic E-state index is 0.552. The Morgan fingerprint density at radius 1 is 1.00 bits per heavy atom. The molecule has 0 aliphatic carbocycles. The van der Waals surface area contributed by atoms with E-state index >= 15 is 0 Å². The molecule has 2 aromatic heterocycles. The predicted molar refractivity (Wildman–Crippen MR) is 108 cm³/mol. The molecule has 0 bridgehead atoms.